The summed E-state index contributed by atoms with van der Waals surface area (Å²) in [4.78, 5) is 32.4. The van der Waals surface area contributed by atoms with Gasteiger partial charge in [-0.05, 0) is 23.8 Å². The van der Waals surface area contributed by atoms with Gasteiger partial charge in [0, 0.05) is 24.3 Å². The fourth-order valence-electron chi connectivity index (χ4n) is 2.29. The number of hydrogen-bond donors (Lipinski definition) is 4. The molecular formula is C17H20N6O3S. The summed E-state index contributed by atoms with van der Waals surface area (Å²) >= 11 is 0. The maximum Gasteiger partial charge on any atom is 0.356 e. The number of aromatic nitrogens is 4. The molecule has 0 fully saturated rings. The minimum absolute atomic E-state index is 0.0658. The van der Waals surface area contributed by atoms with Crippen LogP contribution in [0.4, 0.5) is 11.6 Å². The fourth-order valence-corrected chi connectivity index (χ4v) is 3.84. The molecule has 0 aliphatic carbocycles. The molecule has 0 spiro atoms. The number of nitrogens with one attached hydrogen (secondary N) is 3. The van der Waals surface area contributed by atoms with Crippen LogP contribution in [0.2, 0.25) is 0 Å². The van der Waals surface area contributed by atoms with E-state index in [9.17, 15) is 9.59 Å². The Kier molecular flexibility index (Phi) is 5.55. The standard InChI is InChI=1S/C17H20N6O3S/c1-4-15(24)18-11-5-6-27(9-11)17-19-12(16(25)26-3)8-13(21-17)20-14-7-10(2)22-23-14/h5-9,27H,4H2,1-3H3,(H,18,24)(H2,19,20,21,22,23). The Hall–Kier alpha value is -3.14. The molecule has 1 aliphatic rings. The Morgan fingerprint density at radius 3 is 2.78 bits per heavy atom. The maximum atomic E-state index is 12.0. The average Bonchev–Trinajstić information content (AvgIpc) is 3.29. The first kappa shape index (κ1) is 18.6. The number of thiol groups is 1. The highest BCUT2D eigenvalue weighted by Gasteiger charge is 2.18. The normalized spacial score (nSPS) is 16.7. The zero-order valence-electron chi connectivity index (χ0n) is 15.1. The zero-order chi connectivity index (χ0) is 19.4. The van der Waals surface area contributed by atoms with Gasteiger partial charge in [-0.1, -0.05) is 6.92 Å². The third-order valence-electron chi connectivity index (χ3n) is 3.61. The molecule has 9 nitrogen and oxygen atoms in total. The third kappa shape index (κ3) is 4.53. The maximum absolute atomic E-state index is 12.0. The van der Waals surface area contributed by atoms with Crippen molar-refractivity contribution in [3.8, 4) is 0 Å². The number of nitrogens with zero attached hydrogens (tertiary/aromatic N) is 3. The first-order chi connectivity index (χ1) is 13.0. The van der Waals surface area contributed by atoms with Crippen molar-refractivity contribution in [2.75, 3.05) is 12.4 Å². The molecule has 1 aliphatic heterocycles. The molecule has 1 atom stereocenters. The van der Waals surface area contributed by atoms with Gasteiger partial charge in [0.1, 0.15) is 11.6 Å². The summed E-state index contributed by atoms with van der Waals surface area (Å²) in [6.45, 7) is 3.64. The quantitative estimate of drug-likeness (QED) is 0.340. The van der Waals surface area contributed by atoms with E-state index in [-0.39, 0.29) is 11.6 Å². The molecule has 0 bridgehead atoms. The van der Waals surface area contributed by atoms with Gasteiger partial charge in [-0.2, -0.15) is 5.10 Å². The van der Waals surface area contributed by atoms with Gasteiger partial charge in [0.15, 0.2) is 10.9 Å². The first-order valence-corrected chi connectivity index (χ1v) is 9.71. The summed E-state index contributed by atoms with van der Waals surface area (Å²) in [6, 6.07) is 3.34. The lowest BCUT2D eigenvalue weighted by atomic mass is 10.4. The number of aromatic amines is 1. The largest absolute Gasteiger partial charge is 0.464 e. The highest BCUT2D eigenvalue weighted by molar-refractivity contribution is 8.22. The molecule has 0 saturated heterocycles. The van der Waals surface area contributed by atoms with E-state index in [4.69, 9.17) is 4.74 Å². The van der Waals surface area contributed by atoms with Gasteiger partial charge in [-0.3, -0.25) is 9.89 Å². The van der Waals surface area contributed by atoms with Crippen molar-refractivity contribution in [2.45, 2.75) is 25.4 Å². The van der Waals surface area contributed by atoms with Gasteiger partial charge in [-0.15, -0.1) is 10.9 Å². The van der Waals surface area contributed by atoms with E-state index in [0.29, 0.717) is 28.9 Å². The van der Waals surface area contributed by atoms with Crippen molar-refractivity contribution in [2.24, 2.45) is 0 Å². The molecule has 27 heavy (non-hydrogen) atoms. The SMILES string of the molecule is CCC(=O)NC1=C[SH](c2nc(Nc3cc(C)n[nH]3)cc(C(=O)OC)n2)C=C1. The van der Waals surface area contributed by atoms with Crippen LogP contribution >= 0.6 is 10.9 Å². The summed E-state index contributed by atoms with van der Waals surface area (Å²) in [7, 11) is 0.300. The molecule has 2 aromatic heterocycles. The van der Waals surface area contributed by atoms with E-state index in [2.05, 4.69) is 30.8 Å². The van der Waals surface area contributed by atoms with Crippen molar-refractivity contribution in [1.29, 1.82) is 0 Å². The lowest BCUT2D eigenvalue weighted by molar-refractivity contribution is -0.120. The van der Waals surface area contributed by atoms with Crippen molar-refractivity contribution in [3.63, 3.8) is 0 Å². The molecule has 10 heteroatoms. The molecule has 3 N–H and O–H groups in total. The Morgan fingerprint density at radius 2 is 2.11 bits per heavy atom. The lowest BCUT2D eigenvalue weighted by Crippen LogP contribution is -2.19. The fraction of sp³-hybridized carbons (Fsp3) is 0.235. The topological polar surface area (TPSA) is 122 Å². The van der Waals surface area contributed by atoms with Crippen molar-refractivity contribution in [3.05, 3.63) is 46.1 Å². The van der Waals surface area contributed by atoms with Crippen LogP contribution in [-0.4, -0.2) is 39.2 Å². The molecule has 1 amide bonds. The van der Waals surface area contributed by atoms with E-state index in [0.717, 1.165) is 5.69 Å². The number of ether oxygens (including phenoxy) is 1. The van der Waals surface area contributed by atoms with Gasteiger partial charge in [-0.25, -0.2) is 14.8 Å². The molecule has 1 unspecified atom stereocenters. The summed E-state index contributed by atoms with van der Waals surface area (Å²) in [5, 5.41) is 17.1. The zero-order valence-corrected chi connectivity index (χ0v) is 16.0. The predicted octanol–water partition coefficient (Wildman–Crippen LogP) is 2.29. The number of rotatable bonds is 6. The van der Waals surface area contributed by atoms with Crippen molar-refractivity contribution in [1.82, 2.24) is 25.5 Å². The number of methoxy groups -OCH3 is 1. The van der Waals surface area contributed by atoms with E-state index < -0.39 is 16.9 Å². The Labute approximate surface area is 158 Å². The van der Waals surface area contributed by atoms with Gasteiger partial charge in [0.05, 0.1) is 12.8 Å². The summed E-state index contributed by atoms with van der Waals surface area (Å²) in [5.41, 5.74) is 1.68. The predicted molar refractivity (Wildman–Crippen MR) is 103 cm³/mol. The molecule has 0 saturated carbocycles. The van der Waals surface area contributed by atoms with Gasteiger partial charge >= 0.3 is 5.97 Å². The van der Waals surface area contributed by atoms with Crippen LogP contribution in [0.25, 0.3) is 0 Å². The molecule has 0 radical (unpaired) electrons. The van der Waals surface area contributed by atoms with Crippen LogP contribution in [0.5, 0.6) is 0 Å². The molecule has 142 valence electrons. The van der Waals surface area contributed by atoms with Crippen LogP contribution in [0.1, 0.15) is 29.5 Å². The van der Waals surface area contributed by atoms with Gasteiger partial charge < -0.3 is 15.4 Å². The highest BCUT2D eigenvalue weighted by atomic mass is 32.2. The third-order valence-corrected chi connectivity index (χ3v) is 5.29. The number of anilines is 2. The molecule has 3 heterocycles. The van der Waals surface area contributed by atoms with Crippen LogP contribution < -0.4 is 10.6 Å². The minimum atomic E-state index is -1.000. The van der Waals surface area contributed by atoms with Crippen molar-refractivity contribution < 1.29 is 14.3 Å². The van der Waals surface area contributed by atoms with E-state index in [1.807, 2.05) is 29.9 Å². The molecule has 3 rings (SSSR count). The Morgan fingerprint density at radius 1 is 1.30 bits per heavy atom. The summed E-state index contributed by atoms with van der Waals surface area (Å²) in [5.74, 6) is 0.474. The number of aryl methyl sites for hydroxylation is 1. The monoisotopic (exact) mass is 388 g/mol. The van der Waals surface area contributed by atoms with E-state index in [1.54, 1.807) is 6.92 Å². The number of carbonyl (C=O) groups excluding carboxylic acids is 2. The van der Waals surface area contributed by atoms with Crippen LogP contribution in [-0.2, 0) is 9.53 Å². The number of hydrogen-bond acceptors (Lipinski definition) is 7. The number of esters is 1. The van der Waals surface area contributed by atoms with Crippen LogP contribution in [0.3, 0.4) is 0 Å². The number of allylic oxidation sites excluding steroid dienone is 1. The lowest BCUT2D eigenvalue weighted by Gasteiger charge is -2.12. The number of H-pyrrole nitrogens is 1. The van der Waals surface area contributed by atoms with E-state index in [1.165, 1.54) is 13.2 Å². The van der Waals surface area contributed by atoms with Crippen LogP contribution in [0, 0.1) is 6.92 Å². The second-order valence-electron chi connectivity index (χ2n) is 5.69. The molecule has 2 aromatic rings. The smallest absolute Gasteiger partial charge is 0.356 e. The minimum Gasteiger partial charge on any atom is -0.464 e. The van der Waals surface area contributed by atoms with Crippen molar-refractivity contribution >= 4 is 34.4 Å². The summed E-state index contributed by atoms with van der Waals surface area (Å²) < 4.78 is 4.79. The summed E-state index contributed by atoms with van der Waals surface area (Å²) in [6.07, 6.45) is 2.22. The Bertz CT molecular complexity index is 937. The second kappa shape index (κ2) is 8.04. The van der Waals surface area contributed by atoms with E-state index >= 15 is 0 Å². The number of carbonyl (C=O) groups is 2. The number of amides is 1. The van der Waals surface area contributed by atoms with Crippen LogP contribution in [0.15, 0.2) is 39.9 Å². The highest BCUT2D eigenvalue weighted by Crippen LogP contribution is 2.42. The molecular weight excluding hydrogens is 368 g/mol. The Balaban J connectivity index is 1.90. The molecule has 0 aromatic carbocycles. The average molecular weight is 388 g/mol. The van der Waals surface area contributed by atoms with Gasteiger partial charge in [0.25, 0.3) is 0 Å². The second-order valence-corrected chi connectivity index (χ2v) is 7.46. The first-order valence-electron chi connectivity index (χ1n) is 8.23. The van der Waals surface area contributed by atoms with Gasteiger partial charge in [0.2, 0.25) is 5.91 Å².